The number of amidine groups is 1. The summed E-state index contributed by atoms with van der Waals surface area (Å²) >= 11 is 0. The van der Waals surface area contributed by atoms with E-state index in [0.29, 0.717) is 18.5 Å². The molecular formula is C24H25F3N4O3. The minimum atomic E-state index is -4.74. The quantitative estimate of drug-likeness (QED) is 0.377. The molecule has 1 fully saturated rings. The van der Waals surface area contributed by atoms with Crippen molar-refractivity contribution in [2.24, 2.45) is 0 Å². The van der Waals surface area contributed by atoms with Crippen LogP contribution in [-0.4, -0.2) is 46.8 Å². The Kier molecular flexibility index (Phi) is 5.99. The topological polar surface area (TPSA) is 112 Å². The Bertz CT molecular complexity index is 1160. The highest BCUT2D eigenvalue weighted by Crippen LogP contribution is 2.47. The van der Waals surface area contributed by atoms with Crippen LogP contribution in [0.1, 0.15) is 58.0 Å². The fourth-order valence-corrected chi connectivity index (χ4v) is 4.76. The molecule has 1 atom stereocenters. The van der Waals surface area contributed by atoms with Crippen molar-refractivity contribution in [2.45, 2.75) is 43.5 Å². The largest absolute Gasteiger partial charge is 0.416 e. The summed E-state index contributed by atoms with van der Waals surface area (Å²) in [5.41, 5.74) is -0.950. The van der Waals surface area contributed by atoms with Gasteiger partial charge in [0.2, 0.25) is 0 Å². The van der Waals surface area contributed by atoms with E-state index in [2.05, 4.69) is 0 Å². The maximum absolute atomic E-state index is 13.8. The molecule has 34 heavy (non-hydrogen) atoms. The molecule has 1 amide bonds. The number of nitrogens with one attached hydrogen (secondary N) is 2. The third kappa shape index (κ3) is 3.76. The Morgan fingerprint density at radius 2 is 2.00 bits per heavy atom. The van der Waals surface area contributed by atoms with Crippen LogP contribution in [0.3, 0.4) is 0 Å². The highest BCUT2D eigenvalue weighted by molar-refractivity contribution is 6.10. The van der Waals surface area contributed by atoms with Gasteiger partial charge in [0.1, 0.15) is 11.9 Å². The summed E-state index contributed by atoms with van der Waals surface area (Å²) in [6.45, 7) is -1.05. The number of hydrogen-bond acceptors (Lipinski definition) is 5. The number of nitrogens with zero attached hydrogens (tertiary/aromatic N) is 2. The fraction of sp³-hybridized carbons (Fsp3) is 0.375. The molecule has 2 aromatic carbocycles. The zero-order valence-electron chi connectivity index (χ0n) is 18.5. The van der Waals surface area contributed by atoms with Crippen molar-refractivity contribution in [3.8, 4) is 0 Å². The third-order valence-corrected chi connectivity index (χ3v) is 6.84. The number of fused-ring (bicyclic) bond motifs is 1. The summed E-state index contributed by atoms with van der Waals surface area (Å²) in [5.74, 6) is -0.372. The summed E-state index contributed by atoms with van der Waals surface area (Å²) in [6, 6.07) is 8.90. The Hall–Kier alpha value is -3.24. The van der Waals surface area contributed by atoms with Crippen LogP contribution >= 0.6 is 0 Å². The predicted molar refractivity (Wildman–Crippen MR) is 120 cm³/mol. The number of aliphatic hydroxyl groups excluding tert-OH is 2. The summed E-state index contributed by atoms with van der Waals surface area (Å²) in [7, 11) is 1.62. The first kappa shape index (κ1) is 23.9. The number of aliphatic hydroxyl groups is 2. The van der Waals surface area contributed by atoms with Crippen molar-refractivity contribution in [3.05, 3.63) is 64.2 Å². The Balaban J connectivity index is 1.75. The molecule has 0 spiro atoms. The smallest absolute Gasteiger partial charge is 0.393 e. The van der Waals surface area contributed by atoms with E-state index < -0.39 is 35.8 Å². The van der Waals surface area contributed by atoms with Gasteiger partial charge in [0, 0.05) is 18.3 Å². The maximum Gasteiger partial charge on any atom is 0.416 e. The van der Waals surface area contributed by atoms with E-state index in [1.54, 1.807) is 25.2 Å². The molecule has 0 aromatic heterocycles. The van der Waals surface area contributed by atoms with Crippen LogP contribution in [-0.2, 0) is 18.1 Å². The molecule has 1 aliphatic heterocycles. The zero-order chi connectivity index (χ0) is 24.8. The first-order valence-corrected chi connectivity index (χ1v) is 10.8. The lowest BCUT2D eigenvalue weighted by atomic mass is 9.63. The van der Waals surface area contributed by atoms with Gasteiger partial charge in [-0.05, 0) is 53.8 Å². The van der Waals surface area contributed by atoms with Gasteiger partial charge in [-0.25, -0.2) is 0 Å². The molecule has 4 N–H and O–H groups in total. The molecule has 1 heterocycles. The van der Waals surface area contributed by atoms with Gasteiger partial charge >= 0.3 is 6.18 Å². The van der Waals surface area contributed by atoms with E-state index in [-0.39, 0.29) is 29.1 Å². The van der Waals surface area contributed by atoms with Crippen molar-refractivity contribution in [2.75, 3.05) is 18.6 Å². The molecule has 0 radical (unpaired) electrons. The first-order valence-electron chi connectivity index (χ1n) is 10.8. The van der Waals surface area contributed by atoms with Crippen LogP contribution in [0.5, 0.6) is 0 Å². The molecule has 0 bridgehead atoms. The Morgan fingerprint density at radius 1 is 1.29 bits per heavy atom. The van der Waals surface area contributed by atoms with Gasteiger partial charge in [0.15, 0.2) is 0 Å². The SMILES string of the molecule is CN(C=N)C(=N)C1(c2cccc(N3Cc4c(cc(C(O)CO)cc4C(F)(F)F)C3=O)c2)CCC1. The van der Waals surface area contributed by atoms with Crippen LogP contribution in [0.15, 0.2) is 36.4 Å². The molecular weight excluding hydrogens is 449 g/mol. The molecule has 180 valence electrons. The number of rotatable bonds is 6. The van der Waals surface area contributed by atoms with Gasteiger partial charge in [-0.3, -0.25) is 15.6 Å². The lowest BCUT2D eigenvalue weighted by Gasteiger charge is -2.44. The Labute approximate surface area is 194 Å². The molecule has 1 aliphatic carbocycles. The minimum absolute atomic E-state index is 0.155. The summed E-state index contributed by atoms with van der Waals surface area (Å²) in [5, 5.41) is 35.2. The number of likely N-dealkylation sites (N-methyl/N-ethyl adjacent to an activating group) is 1. The fourth-order valence-electron chi connectivity index (χ4n) is 4.76. The lowest BCUT2D eigenvalue weighted by molar-refractivity contribution is -0.138. The normalized spacial score (nSPS) is 17.7. The summed E-state index contributed by atoms with van der Waals surface area (Å²) in [4.78, 5) is 15.9. The van der Waals surface area contributed by atoms with E-state index >= 15 is 0 Å². The number of alkyl halides is 3. The Morgan fingerprint density at radius 3 is 2.56 bits per heavy atom. The second-order valence-corrected chi connectivity index (χ2v) is 8.76. The summed E-state index contributed by atoms with van der Waals surface area (Å²) < 4.78 is 41.4. The van der Waals surface area contributed by atoms with Gasteiger partial charge < -0.3 is 20.0 Å². The number of hydrogen-bond donors (Lipinski definition) is 4. The van der Waals surface area contributed by atoms with Crippen molar-refractivity contribution in [1.82, 2.24) is 4.90 Å². The standard InChI is InChI=1S/C24H25F3N4O3/c1-30(13-28)22(29)23(6-3-7-23)15-4-2-5-16(10-15)31-11-18-17(21(31)34)8-14(20(33)12-32)9-19(18)24(25,26)27/h2,4-5,8-10,13,20,28-29,32-33H,3,6-7,11-12H2,1H3. The van der Waals surface area contributed by atoms with Gasteiger partial charge in [-0.15, -0.1) is 0 Å². The van der Waals surface area contributed by atoms with Gasteiger partial charge in [0.05, 0.1) is 30.5 Å². The van der Waals surface area contributed by atoms with Gasteiger partial charge in [-0.2, -0.15) is 13.2 Å². The van der Waals surface area contributed by atoms with Gasteiger partial charge in [0.25, 0.3) is 5.91 Å². The van der Waals surface area contributed by atoms with E-state index in [1.807, 2.05) is 6.07 Å². The van der Waals surface area contributed by atoms with Crippen LogP contribution in [0.2, 0.25) is 0 Å². The number of amides is 1. The first-order chi connectivity index (χ1) is 16.0. The molecule has 2 aliphatic rings. The lowest BCUT2D eigenvalue weighted by Crippen LogP contribution is -2.49. The molecule has 1 saturated carbocycles. The second-order valence-electron chi connectivity index (χ2n) is 8.76. The number of halogens is 3. The number of carbonyl (C=O) groups excluding carboxylic acids is 1. The monoisotopic (exact) mass is 474 g/mol. The number of anilines is 1. The van der Waals surface area contributed by atoms with E-state index in [9.17, 15) is 28.2 Å². The maximum atomic E-state index is 13.8. The van der Waals surface area contributed by atoms with Crippen molar-refractivity contribution in [3.63, 3.8) is 0 Å². The van der Waals surface area contributed by atoms with Crippen LogP contribution in [0.25, 0.3) is 0 Å². The van der Waals surface area contributed by atoms with Gasteiger partial charge in [-0.1, -0.05) is 18.6 Å². The average Bonchev–Trinajstić information content (AvgIpc) is 3.12. The molecule has 4 rings (SSSR count). The molecule has 2 aromatic rings. The predicted octanol–water partition coefficient (Wildman–Crippen LogP) is 3.83. The molecule has 10 heteroatoms. The molecule has 7 nitrogen and oxygen atoms in total. The number of carbonyl (C=O) groups is 1. The zero-order valence-corrected chi connectivity index (χ0v) is 18.5. The highest BCUT2D eigenvalue weighted by atomic mass is 19.4. The van der Waals surface area contributed by atoms with Crippen LogP contribution in [0.4, 0.5) is 18.9 Å². The van der Waals surface area contributed by atoms with Crippen molar-refractivity contribution >= 4 is 23.8 Å². The van der Waals surface area contributed by atoms with Crippen molar-refractivity contribution in [1.29, 1.82) is 10.8 Å². The average molecular weight is 474 g/mol. The molecule has 0 saturated heterocycles. The van der Waals surface area contributed by atoms with Crippen molar-refractivity contribution < 1.29 is 28.2 Å². The second kappa shape index (κ2) is 8.52. The van der Waals surface area contributed by atoms with E-state index in [0.717, 1.165) is 24.4 Å². The van der Waals surface area contributed by atoms with E-state index in [1.165, 1.54) is 15.9 Å². The summed E-state index contributed by atoms with van der Waals surface area (Å²) in [6.07, 6.45) is -2.92. The highest BCUT2D eigenvalue weighted by Gasteiger charge is 2.45. The van der Waals surface area contributed by atoms with Crippen LogP contribution in [0, 0.1) is 10.8 Å². The third-order valence-electron chi connectivity index (χ3n) is 6.84. The van der Waals surface area contributed by atoms with Crippen LogP contribution < -0.4 is 4.90 Å². The molecule has 1 unspecified atom stereocenters. The minimum Gasteiger partial charge on any atom is -0.393 e. The number of benzene rings is 2. The van der Waals surface area contributed by atoms with E-state index in [4.69, 9.17) is 10.8 Å².